The molecule has 0 atom stereocenters. The van der Waals surface area contributed by atoms with Gasteiger partial charge in [0.05, 0.1) is 22.7 Å². The fraction of sp³-hybridized carbons (Fsp3) is 0.250. The van der Waals surface area contributed by atoms with Crippen LogP contribution in [0.15, 0.2) is 12.1 Å². The number of anilines is 2. The molecule has 1 rings (SSSR count). The number of halogens is 1. The van der Waals surface area contributed by atoms with Crippen molar-refractivity contribution in [2.45, 2.75) is 0 Å². The van der Waals surface area contributed by atoms with Crippen LogP contribution in [-0.4, -0.2) is 19.1 Å². The summed E-state index contributed by atoms with van der Waals surface area (Å²) < 4.78 is 0. The van der Waals surface area contributed by atoms with Crippen molar-refractivity contribution in [3.8, 4) is 0 Å². The molecule has 7 heteroatoms. The zero-order chi connectivity index (χ0) is 11.6. The van der Waals surface area contributed by atoms with Crippen molar-refractivity contribution in [3.05, 3.63) is 27.3 Å². The zero-order valence-electron chi connectivity index (χ0n) is 8.23. The number of hydroxylamine groups is 1. The molecular formula is C8H10ClN3O3. The Kier molecular flexibility index (Phi) is 3.33. The Morgan fingerprint density at radius 2 is 2.20 bits per heavy atom. The highest BCUT2D eigenvalue weighted by Gasteiger charge is 2.19. The van der Waals surface area contributed by atoms with Crippen LogP contribution in [0.1, 0.15) is 0 Å². The molecule has 6 nitrogen and oxygen atoms in total. The highest BCUT2D eigenvalue weighted by Crippen LogP contribution is 2.34. The van der Waals surface area contributed by atoms with Gasteiger partial charge in [0, 0.05) is 13.1 Å². The molecule has 0 unspecified atom stereocenters. The van der Waals surface area contributed by atoms with Crippen LogP contribution in [-0.2, 0) is 4.84 Å². The number of benzene rings is 1. The monoisotopic (exact) mass is 231 g/mol. The van der Waals surface area contributed by atoms with Gasteiger partial charge in [-0.15, -0.1) is 0 Å². The van der Waals surface area contributed by atoms with E-state index in [1.54, 1.807) is 0 Å². The largest absolute Gasteiger partial charge is 0.397 e. The third-order valence-corrected chi connectivity index (χ3v) is 2.23. The normalized spacial score (nSPS) is 10.1. The summed E-state index contributed by atoms with van der Waals surface area (Å²) in [5.74, 6) is 0. The second-order valence-electron chi connectivity index (χ2n) is 2.80. The van der Waals surface area contributed by atoms with Crippen molar-refractivity contribution in [1.29, 1.82) is 0 Å². The number of nitrogen functional groups attached to an aromatic ring is 1. The van der Waals surface area contributed by atoms with E-state index in [1.165, 1.54) is 31.4 Å². The molecule has 82 valence electrons. The molecule has 0 heterocycles. The molecule has 0 saturated carbocycles. The van der Waals surface area contributed by atoms with Crippen LogP contribution in [0, 0.1) is 10.1 Å². The first-order chi connectivity index (χ1) is 6.97. The minimum Gasteiger partial charge on any atom is -0.397 e. The lowest BCUT2D eigenvalue weighted by molar-refractivity contribution is -0.384. The Balaban J connectivity index is 3.34. The molecule has 0 radical (unpaired) electrons. The van der Waals surface area contributed by atoms with Crippen LogP contribution in [0.3, 0.4) is 0 Å². The van der Waals surface area contributed by atoms with E-state index in [4.69, 9.17) is 22.2 Å². The molecule has 15 heavy (non-hydrogen) atoms. The highest BCUT2D eigenvalue weighted by atomic mass is 35.5. The third kappa shape index (κ3) is 2.28. The first-order valence-corrected chi connectivity index (χ1v) is 4.36. The van der Waals surface area contributed by atoms with Crippen LogP contribution in [0.4, 0.5) is 17.1 Å². The minimum absolute atomic E-state index is 0.148. The number of hydrogen-bond donors (Lipinski definition) is 1. The number of nitrogens with zero attached hydrogens (tertiary/aromatic N) is 2. The van der Waals surface area contributed by atoms with Crippen molar-refractivity contribution in [2.24, 2.45) is 0 Å². The summed E-state index contributed by atoms with van der Waals surface area (Å²) in [5, 5.41) is 12.1. The molecule has 0 aliphatic rings. The van der Waals surface area contributed by atoms with E-state index in [0.29, 0.717) is 0 Å². The number of nitro benzene ring substituents is 1. The number of nitrogens with two attached hydrogens (primary N) is 1. The zero-order valence-corrected chi connectivity index (χ0v) is 8.99. The quantitative estimate of drug-likeness (QED) is 0.488. The van der Waals surface area contributed by atoms with Crippen LogP contribution < -0.4 is 10.8 Å². The van der Waals surface area contributed by atoms with E-state index in [0.717, 1.165) is 0 Å². The smallest absolute Gasteiger partial charge is 0.296 e. The Hall–Kier alpha value is -1.53. The predicted octanol–water partition coefficient (Wildman–Crippen LogP) is 1.83. The van der Waals surface area contributed by atoms with Crippen LogP contribution in [0.25, 0.3) is 0 Å². The molecule has 0 aliphatic heterocycles. The maximum Gasteiger partial charge on any atom is 0.296 e. The SMILES string of the molecule is CON(C)c1cc(N)c(Cl)cc1[N+](=O)[O-]. The van der Waals surface area contributed by atoms with Crippen LogP contribution in [0.2, 0.25) is 5.02 Å². The van der Waals surface area contributed by atoms with E-state index in [9.17, 15) is 10.1 Å². The van der Waals surface area contributed by atoms with Crippen molar-refractivity contribution >= 4 is 28.7 Å². The second kappa shape index (κ2) is 4.33. The van der Waals surface area contributed by atoms with Gasteiger partial charge in [0.25, 0.3) is 5.69 Å². The lowest BCUT2D eigenvalue weighted by Gasteiger charge is -2.16. The van der Waals surface area contributed by atoms with Crippen molar-refractivity contribution in [2.75, 3.05) is 25.0 Å². The van der Waals surface area contributed by atoms with Crippen molar-refractivity contribution < 1.29 is 9.76 Å². The maximum absolute atomic E-state index is 10.7. The fourth-order valence-electron chi connectivity index (χ4n) is 1.06. The summed E-state index contributed by atoms with van der Waals surface area (Å²) in [6.07, 6.45) is 0. The molecule has 0 bridgehead atoms. The Morgan fingerprint density at radius 3 is 2.67 bits per heavy atom. The van der Waals surface area contributed by atoms with Gasteiger partial charge in [-0.25, -0.2) is 0 Å². The van der Waals surface area contributed by atoms with E-state index in [-0.39, 0.29) is 22.1 Å². The summed E-state index contributed by atoms with van der Waals surface area (Å²) in [4.78, 5) is 15.0. The summed E-state index contributed by atoms with van der Waals surface area (Å²) in [6, 6.07) is 2.59. The molecule has 1 aromatic carbocycles. The van der Waals surface area contributed by atoms with Crippen LogP contribution >= 0.6 is 11.6 Å². The standard InChI is InChI=1S/C8H10ClN3O3/c1-11(15-2)7-4-6(10)5(9)3-8(7)12(13)14/h3-4H,10H2,1-2H3. The van der Waals surface area contributed by atoms with Crippen molar-refractivity contribution in [1.82, 2.24) is 0 Å². The number of hydrogen-bond acceptors (Lipinski definition) is 5. The topological polar surface area (TPSA) is 81.6 Å². The van der Waals surface area contributed by atoms with Gasteiger partial charge in [-0.2, -0.15) is 0 Å². The van der Waals surface area contributed by atoms with Crippen molar-refractivity contribution in [3.63, 3.8) is 0 Å². The van der Waals surface area contributed by atoms with E-state index in [2.05, 4.69) is 0 Å². The number of rotatable bonds is 3. The third-order valence-electron chi connectivity index (χ3n) is 1.90. The lowest BCUT2D eigenvalue weighted by Crippen LogP contribution is -2.16. The van der Waals surface area contributed by atoms with Gasteiger partial charge in [0.15, 0.2) is 0 Å². The molecule has 1 aromatic rings. The van der Waals surface area contributed by atoms with Crippen LogP contribution in [0.5, 0.6) is 0 Å². The lowest BCUT2D eigenvalue weighted by atomic mass is 10.2. The summed E-state index contributed by atoms with van der Waals surface area (Å²) in [5.41, 5.74) is 5.91. The van der Waals surface area contributed by atoms with Gasteiger partial charge in [-0.05, 0) is 6.07 Å². The molecule has 0 aliphatic carbocycles. The van der Waals surface area contributed by atoms with Gasteiger partial charge in [-0.3, -0.25) is 20.0 Å². The molecule has 0 amide bonds. The average Bonchev–Trinajstić information content (AvgIpc) is 2.20. The van der Waals surface area contributed by atoms with E-state index >= 15 is 0 Å². The fourth-order valence-corrected chi connectivity index (χ4v) is 1.22. The second-order valence-corrected chi connectivity index (χ2v) is 3.21. The van der Waals surface area contributed by atoms with Gasteiger partial charge < -0.3 is 5.73 Å². The number of nitro groups is 1. The first-order valence-electron chi connectivity index (χ1n) is 3.98. The minimum atomic E-state index is -0.545. The molecule has 0 saturated heterocycles. The maximum atomic E-state index is 10.7. The molecule has 0 aromatic heterocycles. The van der Waals surface area contributed by atoms with Gasteiger partial charge in [0.1, 0.15) is 5.69 Å². The predicted molar refractivity (Wildman–Crippen MR) is 57.9 cm³/mol. The Labute approximate surface area is 91.3 Å². The van der Waals surface area contributed by atoms with Gasteiger partial charge in [0.2, 0.25) is 0 Å². The first kappa shape index (κ1) is 11.5. The molecule has 2 N–H and O–H groups in total. The molecule has 0 fully saturated rings. The van der Waals surface area contributed by atoms with Gasteiger partial charge >= 0.3 is 0 Å². The summed E-state index contributed by atoms with van der Waals surface area (Å²) in [6.45, 7) is 0. The van der Waals surface area contributed by atoms with E-state index in [1.807, 2.05) is 0 Å². The van der Waals surface area contributed by atoms with E-state index < -0.39 is 4.92 Å². The summed E-state index contributed by atoms with van der Waals surface area (Å²) in [7, 11) is 2.93. The highest BCUT2D eigenvalue weighted by molar-refractivity contribution is 6.33. The van der Waals surface area contributed by atoms with Gasteiger partial charge in [-0.1, -0.05) is 11.6 Å². The molecule has 0 spiro atoms. The average molecular weight is 232 g/mol. The molecular weight excluding hydrogens is 222 g/mol. The Morgan fingerprint density at radius 1 is 1.60 bits per heavy atom. The summed E-state index contributed by atoms with van der Waals surface area (Å²) >= 11 is 5.69. The Bertz CT molecular complexity index is 397.